The Morgan fingerprint density at radius 1 is 1.10 bits per heavy atom. The highest BCUT2D eigenvalue weighted by Gasteiger charge is 2.47. The summed E-state index contributed by atoms with van der Waals surface area (Å²) in [5.74, 6) is -0.496. The number of unbranched alkanes of at least 4 members (excludes halogenated alkanes) is 1. The summed E-state index contributed by atoms with van der Waals surface area (Å²) in [5, 5.41) is 0. The molecule has 1 aliphatic rings. The predicted molar refractivity (Wildman–Crippen MR) is 118 cm³/mol. The van der Waals surface area contributed by atoms with Crippen molar-refractivity contribution in [1.82, 2.24) is 9.55 Å². The van der Waals surface area contributed by atoms with Crippen LogP contribution in [-0.2, 0) is 14.3 Å². The summed E-state index contributed by atoms with van der Waals surface area (Å²) >= 11 is 0. The Labute approximate surface area is 181 Å². The zero-order valence-corrected chi connectivity index (χ0v) is 18.1. The van der Waals surface area contributed by atoms with Crippen LogP contribution in [0.15, 0.2) is 48.5 Å². The van der Waals surface area contributed by atoms with E-state index in [0.29, 0.717) is 18.2 Å². The Balaban J connectivity index is 1.95. The van der Waals surface area contributed by atoms with Crippen molar-refractivity contribution in [2.75, 3.05) is 25.2 Å². The van der Waals surface area contributed by atoms with Crippen molar-refractivity contribution >= 4 is 28.9 Å². The molecule has 0 unspecified atom stereocenters. The van der Waals surface area contributed by atoms with E-state index in [2.05, 4.69) is 6.92 Å². The van der Waals surface area contributed by atoms with Crippen LogP contribution < -0.4 is 9.64 Å². The Bertz CT molecular complexity index is 1090. The molecule has 0 fully saturated rings. The molecular formula is C24H27N3O4. The van der Waals surface area contributed by atoms with E-state index in [9.17, 15) is 9.59 Å². The maximum Gasteiger partial charge on any atom is 0.321 e. The summed E-state index contributed by atoms with van der Waals surface area (Å²) in [7, 11) is 1.60. The van der Waals surface area contributed by atoms with Crippen LogP contribution in [0.25, 0.3) is 11.0 Å². The normalized spacial score (nSPS) is 18.2. The third-order valence-corrected chi connectivity index (χ3v) is 5.68. The summed E-state index contributed by atoms with van der Waals surface area (Å²) in [6, 6.07) is 14.7. The highest BCUT2D eigenvalue weighted by Crippen LogP contribution is 2.41. The van der Waals surface area contributed by atoms with Gasteiger partial charge in [-0.25, -0.2) is 4.98 Å². The Morgan fingerprint density at radius 3 is 2.52 bits per heavy atom. The standard InChI is InChI=1S/C24H27N3O4/c1-4-6-15-26-22(28)20(23(29)31-5-2)21(16-11-13-17(30-3)14-12-16)27-19-10-8-7-9-18(19)25-24(26)27/h7-14,20-21H,4-6,15H2,1-3H3/t20-,21+/m1/s1. The molecule has 0 saturated heterocycles. The molecule has 4 rings (SSSR count). The van der Waals surface area contributed by atoms with Crippen molar-refractivity contribution in [3.05, 3.63) is 54.1 Å². The van der Waals surface area contributed by atoms with Gasteiger partial charge in [0.15, 0.2) is 5.92 Å². The molecule has 0 aliphatic carbocycles. The van der Waals surface area contributed by atoms with Gasteiger partial charge in [0, 0.05) is 6.54 Å². The van der Waals surface area contributed by atoms with E-state index in [1.54, 1.807) is 18.9 Å². The third kappa shape index (κ3) is 3.65. The van der Waals surface area contributed by atoms with Crippen LogP contribution in [0.2, 0.25) is 0 Å². The molecule has 1 aliphatic heterocycles. The summed E-state index contributed by atoms with van der Waals surface area (Å²) in [6.45, 7) is 4.54. The van der Waals surface area contributed by atoms with Gasteiger partial charge in [-0.05, 0) is 43.2 Å². The van der Waals surface area contributed by atoms with E-state index in [1.807, 2.05) is 53.1 Å². The number of para-hydroxylation sites is 2. The fourth-order valence-electron chi connectivity index (χ4n) is 4.18. The molecule has 0 spiro atoms. The number of rotatable bonds is 7. The largest absolute Gasteiger partial charge is 0.497 e. The summed E-state index contributed by atoms with van der Waals surface area (Å²) < 4.78 is 12.7. The van der Waals surface area contributed by atoms with E-state index in [4.69, 9.17) is 14.5 Å². The van der Waals surface area contributed by atoms with E-state index >= 15 is 0 Å². The Hall–Kier alpha value is -3.35. The van der Waals surface area contributed by atoms with E-state index in [1.165, 1.54) is 0 Å². The second-order valence-corrected chi connectivity index (χ2v) is 7.56. The smallest absolute Gasteiger partial charge is 0.321 e. The lowest BCUT2D eigenvalue weighted by Gasteiger charge is -2.38. The molecule has 0 bridgehead atoms. The highest BCUT2D eigenvalue weighted by molar-refractivity contribution is 6.08. The number of imidazole rings is 1. The molecule has 7 heteroatoms. The van der Waals surface area contributed by atoms with Gasteiger partial charge in [-0.2, -0.15) is 0 Å². The quantitative estimate of drug-likeness (QED) is 0.426. The minimum Gasteiger partial charge on any atom is -0.497 e. The first-order valence-corrected chi connectivity index (χ1v) is 10.7. The summed E-state index contributed by atoms with van der Waals surface area (Å²) in [5.41, 5.74) is 2.49. The molecule has 2 aromatic carbocycles. The number of aromatic nitrogens is 2. The van der Waals surface area contributed by atoms with Gasteiger partial charge in [0.25, 0.3) is 0 Å². The maximum atomic E-state index is 13.6. The van der Waals surface area contributed by atoms with Gasteiger partial charge in [0.05, 0.1) is 30.8 Å². The number of carbonyl (C=O) groups excluding carboxylic acids is 2. The summed E-state index contributed by atoms with van der Waals surface area (Å²) in [6.07, 6.45) is 1.74. The van der Waals surface area contributed by atoms with Crippen molar-refractivity contribution in [2.24, 2.45) is 5.92 Å². The van der Waals surface area contributed by atoms with Crippen LogP contribution in [0.1, 0.15) is 38.3 Å². The average molecular weight is 421 g/mol. The second kappa shape index (κ2) is 8.79. The topological polar surface area (TPSA) is 73.7 Å². The Kier molecular flexibility index (Phi) is 5.93. The number of ether oxygens (including phenoxy) is 2. The van der Waals surface area contributed by atoms with Gasteiger partial charge in [0.1, 0.15) is 5.75 Å². The van der Waals surface area contributed by atoms with Crippen LogP contribution in [0.5, 0.6) is 5.75 Å². The van der Waals surface area contributed by atoms with Gasteiger partial charge in [-0.15, -0.1) is 0 Å². The number of anilines is 1. The molecule has 3 aromatic rings. The number of hydrogen-bond donors (Lipinski definition) is 0. The first kappa shape index (κ1) is 20.9. The van der Waals surface area contributed by atoms with Gasteiger partial charge in [0.2, 0.25) is 11.9 Å². The molecule has 1 aromatic heterocycles. The van der Waals surface area contributed by atoms with Gasteiger partial charge >= 0.3 is 5.97 Å². The minimum atomic E-state index is -0.990. The maximum absolute atomic E-state index is 13.6. The van der Waals surface area contributed by atoms with Gasteiger partial charge in [-0.3, -0.25) is 14.5 Å². The second-order valence-electron chi connectivity index (χ2n) is 7.56. The molecule has 31 heavy (non-hydrogen) atoms. The minimum absolute atomic E-state index is 0.213. The average Bonchev–Trinajstić information content (AvgIpc) is 3.17. The number of hydrogen-bond acceptors (Lipinski definition) is 5. The van der Waals surface area contributed by atoms with Crippen LogP contribution >= 0.6 is 0 Å². The lowest BCUT2D eigenvalue weighted by Crippen LogP contribution is -2.50. The molecule has 0 radical (unpaired) electrons. The lowest BCUT2D eigenvalue weighted by molar-refractivity contribution is -0.153. The highest BCUT2D eigenvalue weighted by atomic mass is 16.5. The van der Waals surface area contributed by atoms with E-state index in [-0.39, 0.29) is 12.5 Å². The number of amides is 1. The zero-order valence-electron chi connectivity index (χ0n) is 18.1. The number of fused-ring (bicyclic) bond motifs is 3. The van der Waals surface area contributed by atoms with Crippen molar-refractivity contribution in [3.63, 3.8) is 0 Å². The lowest BCUT2D eigenvalue weighted by atomic mass is 9.89. The van der Waals surface area contributed by atoms with E-state index < -0.39 is 17.9 Å². The van der Waals surface area contributed by atoms with Crippen molar-refractivity contribution in [2.45, 2.75) is 32.7 Å². The fraction of sp³-hybridized carbons (Fsp3) is 0.375. The number of esters is 1. The number of nitrogens with zero attached hydrogens (tertiary/aromatic N) is 3. The van der Waals surface area contributed by atoms with Crippen LogP contribution in [0, 0.1) is 5.92 Å². The van der Waals surface area contributed by atoms with E-state index in [0.717, 1.165) is 29.4 Å². The monoisotopic (exact) mass is 421 g/mol. The SMILES string of the molecule is CCCCN1C(=O)[C@H](C(=O)OCC)[C@H](c2ccc(OC)cc2)n2c1nc1ccccc12. The molecule has 2 atom stereocenters. The number of carbonyl (C=O) groups is 2. The number of benzene rings is 2. The first-order valence-electron chi connectivity index (χ1n) is 10.7. The van der Waals surface area contributed by atoms with Crippen molar-refractivity contribution in [1.29, 1.82) is 0 Å². The van der Waals surface area contributed by atoms with Gasteiger partial charge in [-0.1, -0.05) is 37.6 Å². The fourth-order valence-corrected chi connectivity index (χ4v) is 4.18. The van der Waals surface area contributed by atoms with Crippen LogP contribution in [-0.4, -0.2) is 41.7 Å². The molecule has 2 heterocycles. The molecule has 7 nitrogen and oxygen atoms in total. The Morgan fingerprint density at radius 2 is 1.84 bits per heavy atom. The molecule has 162 valence electrons. The zero-order chi connectivity index (χ0) is 22.0. The summed E-state index contributed by atoms with van der Waals surface area (Å²) in [4.78, 5) is 33.1. The predicted octanol–water partition coefficient (Wildman–Crippen LogP) is 3.96. The first-order chi connectivity index (χ1) is 15.1. The molecule has 1 amide bonds. The number of methoxy groups -OCH3 is 1. The van der Waals surface area contributed by atoms with Gasteiger partial charge < -0.3 is 14.0 Å². The van der Waals surface area contributed by atoms with Crippen LogP contribution in [0.3, 0.4) is 0 Å². The van der Waals surface area contributed by atoms with Crippen LogP contribution in [0.4, 0.5) is 5.95 Å². The van der Waals surface area contributed by atoms with Crippen molar-refractivity contribution in [3.8, 4) is 5.75 Å². The molecule has 0 N–H and O–H groups in total. The molecule has 0 saturated carbocycles. The third-order valence-electron chi connectivity index (χ3n) is 5.68. The van der Waals surface area contributed by atoms with Crippen molar-refractivity contribution < 1.29 is 19.1 Å². The molecular weight excluding hydrogens is 394 g/mol.